The van der Waals surface area contributed by atoms with Crippen LogP contribution in [0.15, 0.2) is 30.3 Å². The highest BCUT2D eigenvalue weighted by molar-refractivity contribution is 5.27. The minimum Gasteiger partial charge on any atom is -0.313 e. The Morgan fingerprint density at radius 1 is 1.16 bits per heavy atom. The SMILES string of the molecule is CNC(Cc1ccc(F)cc1)c1cc(C)nnc1C. The van der Waals surface area contributed by atoms with Crippen LogP contribution in [0.1, 0.15) is 28.6 Å². The van der Waals surface area contributed by atoms with Crippen LogP contribution < -0.4 is 5.32 Å². The molecule has 2 rings (SSSR count). The fourth-order valence-corrected chi connectivity index (χ4v) is 2.15. The van der Waals surface area contributed by atoms with Gasteiger partial charge in [-0.1, -0.05) is 12.1 Å². The molecule has 0 saturated heterocycles. The molecule has 0 aliphatic rings. The first-order valence-electron chi connectivity index (χ1n) is 6.32. The number of halogens is 1. The number of nitrogens with zero attached hydrogens (tertiary/aromatic N) is 2. The van der Waals surface area contributed by atoms with Gasteiger partial charge < -0.3 is 5.32 Å². The van der Waals surface area contributed by atoms with Gasteiger partial charge in [-0.2, -0.15) is 10.2 Å². The summed E-state index contributed by atoms with van der Waals surface area (Å²) in [5, 5.41) is 11.5. The molecule has 0 aliphatic heterocycles. The molecular weight excluding hydrogens is 241 g/mol. The van der Waals surface area contributed by atoms with E-state index < -0.39 is 0 Å². The Kier molecular flexibility index (Phi) is 4.22. The van der Waals surface area contributed by atoms with Crippen LogP contribution in [0.3, 0.4) is 0 Å². The van der Waals surface area contributed by atoms with Crippen LogP contribution in [0.2, 0.25) is 0 Å². The summed E-state index contributed by atoms with van der Waals surface area (Å²) < 4.78 is 12.9. The van der Waals surface area contributed by atoms with E-state index in [1.165, 1.54) is 12.1 Å². The van der Waals surface area contributed by atoms with Gasteiger partial charge in [0.1, 0.15) is 5.82 Å². The summed E-state index contributed by atoms with van der Waals surface area (Å²) in [6, 6.07) is 8.82. The van der Waals surface area contributed by atoms with E-state index in [2.05, 4.69) is 15.5 Å². The Hall–Kier alpha value is -1.81. The van der Waals surface area contributed by atoms with Crippen molar-refractivity contribution in [2.45, 2.75) is 26.3 Å². The molecule has 0 radical (unpaired) electrons. The van der Waals surface area contributed by atoms with E-state index in [4.69, 9.17) is 0 Å². The molecule has 0 bridgehead atoms. The minimum absolute atomic E-state index is 0.152. The molecule has 0 aliphatic carbocycles. The number of nitrogens with one attached hydrogen (secondary N) is 1. The van der Waals surface area contributed by atoms with Crippen molar-refractivity contribution in [2.75, 3.05) is 7.05 Å². The fourth-order valence-electron chi connectivity index (χ4n) is 2.15. The van der Waals surface area contributed by atoms with Crippen LogP contribution in [0.25, 0.3) is 0 Å². The fraction of sp³-hybridized carbons (Fsp3) is 0.333. The van der Waals surface area contributed by atoms with Crippen molar-refractivity contribution in [3.63, 3.8) is 0 Å². The van der Waals surface area contributed by atoms with Gasteiger partial charge in [-0.15, -0.1) is 0 Å². The number of hydrogen-bond acceptors (Lipinski definition) is 3. The number of aryl methyl sites for hydroxylation is 2. The summed E-state index contributed by atoms with van der Waals surface area (Å²) in [5.74, 6) is -0.206. The lowest BCUT2D eigenvalue weighted by Gasteiger charge is -2.18. The topological polar surface area (TPSA) is 37.8 Å². The lowest BCUT2D eigenvalue weighted by molar-refractivity contribution is 0.579. The van der Waals surface area contributed by atoms with E-state index >= 15 is 0 Å². The number of rotatable bonds is 4. The molecular formula is C15H18FN3. The predicted molar refractivity (Wildman–Crippen MR) is 73.4 cm³/mol. The van der Waals surface area contributed by atoms with Crippen molar-refractivity contribution in [2.24, 2.45) is 0 Å². The Morgan fingerprint density at radius 3 is 2.47 bits per heavy atom. The number of likely N-dealkylation sites (N-methyl/N-ethyl adjacent to an activating group) is 1. The first-order chi connectivity index (χ1) is 9.10. The quantitative estimate of drug-likeness (QED) is 0.917. The Bertz CT molecular complexity index is 552. The predicted octanol–water partition coefficient (Wildman–Crippen LogP) is 2.74. The van der Waals surface area contributed by atoms with Crippen molar-refractivity contribution >= 4 is 0 Å². The molecule has 0 spiro atoms. The normalized spacial score (nSPS) is 12.4. The molecule has 19 heavy (non-hydrogen) atoms. The molecule has 2 aromatic rings. The van der Waals surface area contributed by atoms with E-state index in [0.717, 1.165) is 28.9 Å². The Morgan fingerprint density at radius 2 is 1.84 bits per heavy atom. The number of hydrogen-bond donors (Lipinski definition) is 1. The average molecular weight is 259 g/mol. The molecule has 1 unspecified atom stereocenters. The smallest absolute Gasteiger partial charge is 0.123 e. The van der Waals surface area contributed by atoms with Gasteiger partial charge in [-0.05, 0) is 56.6 Å². The van der Waals surface area contributed by atoms with E-state index in [1.54, 1.807) is 0 Å². The Balaban J connectivity index is 2.24. The highest BCUT2D eigenvalue weighted by Crippen LogP contribution is 2.20. The van der Waals surface area contributed by atoms with Crippen molar-refractivity contribution in [1.82, 2.24) is 15.5 Å². The third-order valence-electron chi connectivity index (χ3n) is 3.22. The monoisotopic (exact) mass is 259 g/mol. The Labute approximate surface area is 112 Å². The summed E-state index contributed by atoms with van der Waals surface area (Å²) in [4.78, 5) is 0. The van der Waals surface area contributed by atoms with Crippen LogP contribution in [0, 0.1) is 19.7 Å². The average Bonchev–Trinajstić information content (AvgIpc) is 2.41. The van der Waals surface area contributed by atoms with Gasteiger partial charge in [-0.25, -0.2) is 4.39 Å². The first-order valence-corrected chi connectivity index (χ1v) is 6.32. The third-order valence-corrected chi connectivity index (χ3v) is 3.22. The maximum absolute atomic E-state index is 12.9. The van der Waals surface area contributed by atoms with E-state index in [-0.39, 0.29) is 11.9 Å². The van der Waals surface area contributed by atoms with Crippen molar-refractivity contribution in [3.05, 3.63) is 58.7 Å². The standard InChI is InChI=1S/C15H18FN3/c1-10-8-14(11(2)19-18-10)15(17-3)9-12-4-6-13(16)7-5-12/h4-8,15,17H,9H2,1-3H3. The van der Waals surface area contributed by atoms with Gasteiger partial charge >= 0.3 is 0 Å². The summed E-state index contributed by atoms with van der Waals surface area (Å²) in [7, 11) is 1.92. The van der Waals surface area contributed by atoms with Gasteiger partial charge in [-0.3, -0.25) is 0 Å². The van der Waals surface area contributed by atoms with Crippen molar-refractivity contribution in [3.8, 4) is 0 Å². The number of aromatic nitrogens is 2. The second-order valence-electron chi connectivity index (χ2n) is 4.70. The zero-order chi connectivity index (χ0) is 13.8. The second-order valence-corrected chi connectivity index (χ2v) is 4.70. The molecule has 0 fully saturated rings. The summed E-state index contributed by atoms with van der Waals surface area (Å²) in [6.45, 7) is 3.89. The molecule has 3 nitrogen and oxygen atoms in total. The van der Waals surface area contributed by atoms with E-state index in [1.807, 2.05) is 39.1 Å². The summed E-state index contributed by atoms with van der Waals surface area (Å²) in [5.41, 5.74) is 4.06. The van der Waals surface area contributed by atoms with Gasteiger partial charge in [0.2, 0.25) is 0 Å². The molecule has 1 aromatic heterocycles. The highest BCUT2D eigenvalue weighted by atomic mass is 19.1. The van der Waals surface area contributed by atoms with Gasteiger partial charge in [0, 0.05) is 6.04 Å². The molecule has 1 heterocycles. The lowest BCUT2D eigenvalue weighted by Crippen LogP contribution is -2.20. The first kappa shape index (κ1) is 13.6. The number of benzene rings is 1. The highest BCUT2D eigenvalue weighted by Gasteiger charge is 2.14. The molecule has 0 amide bonds. The lowest BCUT2D eigenvalue weighted by atomic mass is 9.98. The largest absolute Gasteiger partial charge is 0.313 e. The van der Waals surface area contributed by atoms with Gasteiger partial charge in [0.25, 0.3) is 0 Å². The zero-order valence-corrected chi connectivity index (χ0v) is 11.4. The molecule has 1 N–H and O–H groups in total. The molecule has 1 atom stereocenters. The van der Waals surface area contributed by atoms with E-state index in [0.29, 0.717) is 0 Å². The maximum Gasteiger partial charge on any atom is 0.123 e. The third kappa shape index (κ3) is 3.35. The van der Waals surface area contributed by atoms with Crippen LogP contribution in [-0.4, -0.2) is 17.2 Å². The van der Waals surface area contributed by atoms with Crippen LogP contribution in [0.5, 0.6) is 0 Å². The molecule has 1 aromatic carbocycles. The maximum atomic E-state index is 12.9. The minimum atomic E-state index is -0.206. The van der Waals surface area contributed by atoms with Crippen molar-refractivity contribution in [1.29, 1.82) is 0 Å². The van der Waals surface area contributed by atoms with Gasteiger partial charge in [0.05, 0.1) is 11.4 Å². The van der Waals surface area contributed by atoms with Crippen LogP contribution >= 0.6 is 0 Å². The molecule has 0 saturated carbocycles. The van der Waals surface area contributed by atoms with Crippen molar-refractivity contribution < 1.29 is 4.39 Å². The second kappa shape index (κ2) is 5.89. The van der Waals surface area contributed by atoms with E-state index in [9.17, 15) is 4.39 Å². The van der Waals surface area contributed by atoms with Crippen LogP contribution in [-0.2, 0) is 6.42 Å². The summed E-state index contributed by atoms with van der Waals surface area (Å²) in [6.07, 6.45) is 0.794. The molecule has 4 heteroatoms. The van der Waals surface area contributed by atoms with Gasteiger partial charge in [0.15, 0.2) is 0 Å². The van der Waals surface area contributed by atoms with Crippen LogP contribution in [0.4, 0.5) is 4.39 Å². The molecule has 100 valence electrons. The zero-order valence-electron chi connectivity index (χ0n) is 11.4. The summed E-state index contributed by atoms with van der Waals surface area (Å²) >= 11 is 0.